The first-order valence-electron chi connectivity index (χ1n) is 7.10. The molecule has 4 nitrogen and oxygen atoms in total. The maximum Gasteiger partial charge on any atom is 0.262 e. The van der Waals surface area contributed by atoms with Gasteiger partial charge in [-0.3, -0.25) is 9.48 Å². The number of benzene rings is 1. The number of aromatic nitrogens is 2. The molecule has 2 aromatic heterocycles. The Morgan fingerprint density at radius 2 is 2.18 bits per heavy atom. The van der Waals surface area contributed by atoms with Gasteiger partial charge in [-0.25, -0.2) is 0 Å². The van der Waals surface area contributed by atoms with Crippen molar-refractivity contribution in [1.82, 2.24) is 15.1 Å². The van der Waals surface area contributed by atoms with Crippen molar-refractivity contribution in [2.45, 2.75) is 19.9 Å². The number of carbonyl (C=O) groups excluding carboxylic acids is 1. The van der Waals surface area contributed by atoms with Crippen LogP contribution in [0.5, 0.6) is 0 Å². The Morgan fingerprint density at radius 1 is 1.36 bits per heavy atom. The van der Waals surface area contributed by atoms with Crippen LogP contribution in [0.4, 0.5) is 0 Å². The Kier molecular flexibility index (Phi) is 4.45. The summed E-state index contributed by atoms with van der Waals surface area (Å²) in [6, 6.07) is 9.75. The quantitative estimate of drug-likeness (QED) is 0.720. The fourth-order valence-electron chi connectivity index (χ4n) is 2.30. The lowest BCUT2D eigenvalue weighted by Gasteiger charge is -2.06. The van der Waals surface area contributed by atoms with E-state index < -0.39 is 0 Å². The second kappa shape index (κ2) is 6.50. The molecule has 6 heteroatoms. The molecular formula is C16H16ClN3OS. The standard InChI is InChI=1S/C16H16ClN3OS/c1-11-7-9-19-20(11)10-4-8-18-16(21)15-14(17)12-5-2-3-6-13(12)22-15/h2-3,5-7,9H,4,8,10H2,1H3,(H,18,21). The summed E-state index contributed by atoms with van der Waals surface area (Å²) in [5, 5.41) is 8.63. The number of halogens is 1. The summed E-state index contributed by atoms with van der Waals surface area (Å²) >= 11 is 7.73. The van der Waals surface area contributed by atoms with Crippen molar-refractivity contribution in [2.24, 2.45) is 0 Å². The van der Waals surface area contributed by atoms with Crippen LogP contribution in [-0.2, 0) is 6.54 Å². The number of fused-ring (bicyclic) bond motifs is 1. The van der Waals surface area contributed by atoms with Crippen LogP contribution in [0, 0.1) is 6.92 Å². The maximum absolute atomic E-state index is 12.3. The number of hydrogen-bond donors (Lipinski definition) is 1. The van der Waals surface area contributed by atoms with E-state index in [-0.39, 0.29) is 5.91 Å². The van der Waals surface area contributed by atoms with Gasteiger partial charge >= 0.3 is 0 Å². The number of nitrogens with zero attached hydrogens (tertiary/aromatic N) is 2. The van der Waals surface area contributed by atoms with Crippen molar-refractivity contribution in [1.29, 1.82) is 0 Å². The average Bonchev–Trinajstić information content (AvgIpc) is 3.08. The molecule has 114 valence electrons. The Labute approximate surface area is 137 Å². The molecule has 0 fully saturated rings. The molecule has 3 aromatic rings. The van der Waals surface area contributed by atoms with Crippen LogP contribution >= 0.6 is 22.9 Å². The summed E-state index contributed by atoms with van der Waals surface area (Å²) in [4.78, 5) is 12.8. The van der Waals surface area contributed by atoms with Crippen LogP contribution in [0.3, 0.4) is 0 Å². The molecule has 0 bridgehead atoms. The largest absolute Gasteiger partial charge is 0.351 e. The average molecular weight is 334 g/mol. The Balaban J connectivity index is 1.59. The minimum atomic E-state index is -0.108. The zero-order valence-electron chi connectivity index (χ0n) is 12.2. The molecule has 0 unspecified atom stereocenters. The molecule has 2 heterocycles. The maximum atomic E-state index is 12.3. The van der Waals surface area contributed by atoms with Crippen molar-refractivity contribution < 1.29 is 4.79 Å². The molecule has 0 saturated heterocycles. The fraction of sp³-hybridized carbons (Fsp3) is 0.250. The smallest absolute Gasteiger partial charge is 0.262 e. The first-order valence-corrected chi connectivity index (χ1v) is 8.30. The lowest BCUT2D eigenvalue weighted by atomic mass is 10.2. The highest BCUT2D eigenvalue weighted by molar-refractivity contribution is 7.21. The summed E-state index contributed by atoms with van der Waals surface area (Å²) in [6.45, 7) is 3.41. The van der Waals surface area contributed by atoms with E-state index in [1.165, 1.54) is 11.3 Å². The van der Waals surface area contributed by atoms with Crippen molar-refractivity contribution in [3.8, 4) is 0 Å². The highest BCUT2D eigenvalue weighted by Gasteiger charge is 2.16. The van der Waals surface area contributed by atoms with Crippen molar-refractivity contribution >= 4 is 38.9 Å². The van der Waals surface area contributed by atoms with Gasteiger partial charge in [0.2, 0.25) is 0 Å². The molecule has 3 rings (SSSR count). The Bertz CT molecular complexity index is 809. The molecule has 0 spiro atoms. The van der Waals surface area contributed by atoms with Gasteiger partial charge in [-0.2, -0.15) is 5.10 Å². The molecule has 1 aromatic carbocycles. The number of amides is 1. The molecule has 0 aliphatic rings. The van der Waals surface area contributed by atoms with E-state index in [1.54, 1.807) is 6.20 Å². The van der Waals surface area contributed by atoms with Crippen LogP contribution in [0.1, 0.15) is 21.8 Å². The van der Waals surface area contributed by atoms with Gasteiger partial charge in [-0.15, -0.1) is 11.3 Å². The van der Waals surface area contributed by atoms with E-state index in [0.29, 0.717) is 16.4 Å². The third-order valence-corrected chi connectivity index (χ3v) is 5.18. The molecule has 1 N–H and O–H groups in total. The molecule has 0 saturated carbocycles. The molecule has 0 aliphatic heterocycles. The molecular weight excluding hydrogens is 318 g/mol. The number of carbonyl (C=O) groups is 1. The third-order valence-electron chi connectivity index (χ3n) is 3.50. The Morgan fingerprint density at radius 3 is 2.91 bits per heavy atom. The summed E-state index contributed by atoms with van der Waals surface area (Å²) in [5.74, 6) is -0.108. The zero-order chi connectivity index (χ0) is 15.5. The van der Waals surface area contributed by atoms with E-state index in [9.17, 15) is 4.79 Å². The second-order valence-electron chi connectivity index (χ2n) is 5.05. The highest BCUT2D eigenvalue weighted by atomic mass is 35.5. The fourth-order valence-corrected chi connectivity index (χ4v) is 3.74. The number of aryl methyl sites for hydroxylation is 2. The summed E-state index contributed by atoms with van der Waals surface area (Å²) < 4.78 is 2.96. The number of rotatable bonds is 5. The normalized spacial score (nSPS) is 11.0. The van der Waals surface area contributed by atoms with E-state index in [2.05, 4.69) is 10.4 Å². The van der Waals surface area contributed by atoms with E-state index >= 15 is 0 Å². The topological polar surface area (TPSA) is 46.9 Å². The van der Waals surface area contributed by atoms with E-state index in [4.69, 9.17) is 11.6 Å². The summed E-state index contributed by atoms with van der Waals surface area (Å²) in [5.41, 5.74) is 1.12. The van der Waals surface area contributed by atoms with E-state index in [0.717, 1.165) is 28.7 Å². The van der Waals surface area contributed by atoms with Crippen LogP contribution in [-0.4, -0.2) is 22.2 Å². The number of nitrogens with one attached hydrogen (secondary N) is 1. The van der Waals surface area contributed by atoms with Gasteiger partial charge in [-0.05, 0) is 25.5 Å². The van der Waals surface area contributed by atoms with Gasteiger partial charge in [-0.1, -0.05) is 29.8 Å². The molecule has 1 amide bonds. The van der Waals surface area contributed by atoms with E-state index in [1.807, 2.05) is 41.9 Å². The van der Waals surface area contributed by atoms with Gasteiger partial charge in [0.15, 0.2) is 0 Å². The summed E-state index contributed by atoms with van der Waals surface area (Å²) in [7, 11) is 0. The van der Waals surface area contributed by atoms with Crippen LogP contribution < -0.4 is 5.32 Å². The molecule has 0 atom stereocenters. The van der Waals surface area contributed by atoms with Gasteiger partial charge in [0, 0.05) is 35.1 Å². The number of hydrogen-bond acceptors (Lipinski definition) is 3. The zero-order valence-corrected chi connectivity index (χ0v) is 13.7. The van der Waals surface area contributed by atoms with Crippen LogP contribution in [0.2, 0.25) is 5.02 Å². The third kappa shape index (κ3) is 3.00. The second-order valence-corrected chi connectivity index (χ2v) is 6.48. The minimum absolute atomic E-state index is 0.108. The van der Waals surface area contributed by atoms with Gasteiger partial charge in [0.1, 0.15) is 4.88 Å². The first-order chi connectivity index (χ1) is 10.7. The minimum Gasteiger partial charge on any atom is -0.351 e. The Hall–Kier alpha value is -1.85. The molecule has 0 radical (unpaired) electrons. The first kappa shape index (κ1) is 15.1. The van der Waals surface area contributed by atoms with Crippen molar-refractivity contribution in [3.63, 3.8) is 0 Å². The predicted molar refractivity (Wildman–Crippen MR) is 90.7 cm³/mol. The van der Waals surface area contributed by atoms with Gasteiger partial charge in [0.05, 0.1) is 5.02 Å². The van der Waals surface area contributed by atoms with Crippen molar-refractivity contribution in [3.05, 3.63) is 52.1 Å². The highest BCUT2D eigenvalue weighted by Crippen LogP contribution is 2.34. The number of thiophene rings is 1. The van der Waals surface area contributed by atoms with Crippen molar-refractivity contribution in [2.75, 3.05) is 6.54 Å². The lowest BCUT2D eigenvalue weighted by Crippen LogP contribution is -2.24. The SMILES string of the molecule is Cc1ccnn1CCCNC(=O)c1sc2ccccc2c1Cl. The van der Waals surface area contributed by atoms with Crippen LogP contribution in [0.25, 0.3) is 10.1 Å². The molecule has 0 aliphatic carbocycles. The monoisotopic (exact) mass is 333 g/mol. The predicted octanol–water partition coefficient (Wildman–Crippen LogP) is 3.88. The summed E-state index contributed by atoms with van der Waals surface area (Å²) in [6.07, 6.45) is 2.61. The lowest BCUT2D eigenvalue weighted by molar-refractivity contribution is 0.0957. The van der Waals surface area contributed by atoms with Gasteiger partial charge in [0.25, 0.3) is 5.91 Å². The molecule has 22 heavy (non-hydrogen) atoms. The van der Waals surface area contributed by atoms with Gasteiger partial charge < -0.3 is 5.32 Å². The van der Waals surface area contributed by atoms with Crippen LogP contribution in [0.15, 0.2) is 36.5 Å².